The van der Waals surface area contributed by atoms with Crippen LogP contribution in [-0.2, 0) is 9.59 Å². The first-order valence-corrected chi connectivity index (χ1v) is 11.8. The van der Waals surface area contributed by atoms with Crippen molar-refractivity contribution in [2.75, 3.05) is 23.5 Å². The van der Waals surface area contributed by atoms with Gasteiger partial charge in [-0.1, -0.05) is 29.8 Å². The smallest absolute Gasteiger partial charge is 0.280 e. The van der Waals surface area contributed by atoms with Gasteiger partial charge in [-0.15, -0.1) is 0 Å². The molecule has 2 amide bonds. The molecule has 3 aromatic rings. The standard InChI is InChI=1S/C28H23ClN4O4/c1-3-36-26-15-20(10-13-25(26)37-17-27(34)31-24-7-5-4-6-23(24)29)14-22-18(2)32-33(28(22)35)21-11-8-19(16-30)9-12-21/h4-15H,3,17H2,1-2H3,(H,31,34)/b22-14-. The summed E-state index contributed by atoms with van der Waals surface area (Å²) < 4.78 is 11.4. The molecule has 0 spiro atoms. The molecule has 0 atom stereocenters. The number of para-hydroxylation sites is 1. The highest BCUT2D eigenvalue weighted by Gasteiger charge is 2.28. The van der Waals surface area contributed by atoms with E-state index in [-0.39, 0.29) is 18.4 Å². The van der Waals surface area contributed by atoms with Crippen LogP contribution in [0.25, 0.3) is 6.08 Å². The summed E-state index contributed by atoms with van der Waals surface area (Å²) in [5.41, 5.74) is 3.26. The SMILES string of the molecule is CCOc1cc(/C=C2\C(=O)N(c3ccc(C#N)cc3)N=C2C)ccc1OCC(=O)Nc1ccccc1Cl. The highest BCUT2D eigenvalue weighted by Crippen LogP contribution is 2.31. The van der Waals surface area contributed by atoms with Crippen LogP contribution < -0.4 is 19.8 Å². The number of nitriles is 1. The quantitative estimate of drug-likeness (QED) is 0.403. The summed E-state index contributed by atoms with van der Waals surface area (Å²) in [6, 6.07) is 20.8. The molecule has 8 nitrogen and oxygen atoms in total. The predicted molar refractivity (Wildman–Crippen MR) is 143 cm³/mol. The lowest BCUT2D eigenvalue weighted by molar-refractivity contribution is -0.118. The maximum atomic E-state index is 13.1. The molecule has 37 heavy (non-hydrogen) atoms. The zero-order valence-corrected chi connectivity index (χ0v) is 21.0. The zero-order valence-electron chi connectivity index (χ0n) is 20.2. The Bertz CT molecular complexity index is 1440. The second kappa shape index (κ2) is 11.4. The van der Waals surface area contributed by atoms with Crippen LogP contribution in [0.4, 0.5) is 11.4 Å². The van der Waals surface area contributed by atoms with Crippen molar-refractivity contribution in [3.63, 3.8) is 0 Å². The number of nitrogens with zero attached hydrogens (tertiary/aromatic N) is 3. The lowest BCUT2D eigenvalue weighted by Gasteiger charge is -2.13. The van der Waals surface area contributed by atoms with Gasteiger partial charge in [0.1, 0.15) is 0 Å². The second-order valence-corrected chi connectivity index (χ2v) is 8.38. The van der Waals surface area contributed by atoms with Crippen LogP contribution in [0.15, 0.2) is 77.4 Å². The maximum absolute atomic E-state index is 13.1. The maximum Gasteiger partial charge on any atom is 0.280 e. The number of benzene rings is 3. The molecule has 4 rings (SSSR count). The first-order valence-electron chi connectivity index (χ1n) is 11.5. The van der Waals surface area contributed by atoms with E-state index in [0.29, 0.717) is 56.9 Å². The van der Waals surface area contributed by atoms with Crippen molar-refractivity contribution in [1.82, 2.24) is 0 Å². The minimum atomic E-state index is -0.368. The molecule has 186 valence electrons. The Kier molecular flexibility index (Phi) is 7.86. The van der Waals surface area contributed by atoms with Crippen molar-refractivity contribution in [3.05, 3.63) is 88.5 Å². The van der Waals surface area contributed by atoms with Gasteiger partial charge in [0.15, 0.2) is 18.1 Å². The molecule has 0 aliphatic carbocycles. The lowest BCUT2D eigenvalue weighted by Crippen LogP contribution is -2.21. The number of carbonyl (C=O) groups excluding carboxylic acids is 2. The van der Waals surface area contributed by atoms with Crippen LogP contribution in [-0.4, -0.2) is 30.7 Å². The van der Waals surface area contributed by atoms with E-state index < -0.39 is 0 Å². The first kappa shape index (κ1) is 25.5. The van der Waals surface area contributed by atoms with Gasteiger partial charge in [0.05, 0.1) is 45.9 Å². The van der Waals surface area contributed by atoms with E-state index in [1.165, 1.54) is 5.01 Å². The number of anilines is 2. The van der Waals surface area contributed by atoms with Crippen LogP contribution >= 0.6 is 11.6 Å². The number of rotatable bonds is 8. The van der Waals surface area contributed by atoms with Gasteiger partial charge in [-0.05, 0) is 74.0 Å². The van der Waals surface area contributed by atoms with Crippen LogP contribution in [0, 0.1) is 11.3 Å². The van der Waals surface area contributed by atoms with Crippen molar-refractivity contribution in [2.24, 2.45) is 5.10 Å². The molecule has 9 heteroatoms. The van der Waals surface area contributed by atoms with E-state index in [9.17, 15) is 9.59 Å². The molecule has 1 aliphatic heterocycles. The van der Waals surface area contributed by atoms with Crippen molar-refractivity contribution in [3.8, 4) is 17.6 Å². The third kappa shape index (κ3) is 5.97. The van der Waals surface area contributed by atoms with Gasteiger partial charge in [0, 0.05) is 0 Å². The second-order valence-electron chi connectivity index (χ2n) is 7.97. The molecule has 0 saturated carbocycles. The van der Waals surface area contributed by atoms with E-state index in [1.807, 2.05) is 6.92 Å². The molecular formula is C28H23ClN4O4. The minimum Gasteiger partial charge on any atom is -0.490 e. The normalized spacial score (nSPS) is 13.8. The Balaban J connectivity index is 1.49. The van der Waals surface area contributed by atoms with Crippen LogP contribution in [0.3, 0.4) is 0 Å². The third-order valence-corrected chi connectivity index (χ3v) is 5.72. The predicted octanol–water partition coefficient (Wildman–Crippen LogP) is 5.43. The van der Waals surface area contributed by atoms with Gasteiger partial charge >= 0.3 is 0 Å². The van der Waals surface area contributed by atoms with Gasteiger partial charge in [-0.3, -0.25) is 9.59 Å². The van der Waals surface area contributed by atoms with Gasteiger partial charge in [-0.2, -0.15) is 15.4 Å². The Labute approximate surface area is 219 Å². The van der Waals surface area contributed by atoms with Crippen molar-refractivity contribution in [1.29, 1.82) is 5.26 Å². The van der Waals surface area contributed by atoms with Crippen LogP contribution in [0.2, 0.25) is 5.02 Å². The number of hydrogen-bond acceptors (Lipinski definition) is 6. The molecule has 1 N–H and O–H groups in total. The summed E-state index contributed by atoms with van der Waals surface area (Å²) in [5.74, 6) is 0.178. The number of carbonyl (C=O) groups is 2. The van der Waals surface area contributed by atoms with E-state index >= 15 is 0 Å². The molecule has 0 fully saturated rings. The van der Waals surface area contributed by atoms with Gasteiger partial charge in [0.25, 0.3) is 11.8 Å². The fourth-order valence-electron chi connectivity index (χ4n) is 3.60. The third-order valence-electron chi connectivity index (χ3n) is 5.39. The fourth-order valence-corrected chi connectivity index (χ4v) is 3.78. The topological polar surface area (TPSA) is 104 Å². The summed E-state index contributed by atoms with van der Waals surface area (Å²) >= 11 is 6.09. The number of halogens is 1. The monoisotopic (exact) mass is 514 g/mol. The molecule has 1 heterocycles. The molecule has 0 radical (unpaired) electrons. The largest absolute Gasteiger partial charge is 0.490 e. The molecule has 0 bridgehead atoms. The number of nitrogens with one attached hydrogen (secondary N) is 1. The Morgan fingerprint density at radius 1 is 1.11 bits per heavy atom. The Morgan fingerprint density at radius 3 is 2.57 bits per heavy atom. The Hall–Kier alpha value is -4.61. The summed E-state index contributed by atoms with van der Waals surface area (Å²) in [4.78, 5) is 25.4. The van der Waals surface area contributed by atoms with E-state index in [4.69, 9.17) is 26.3 Å². The number of amides is 2. The Morgan fingerprint density at radius 2 is 1.86 bits per heavy atom. The zero-order chi connectivity index (χ0) is 26.4. The molecule has 3 aromatic carbocycles. The molecule has 0 saturated heterocycles. The summed E-state index contributed by atoms with van der Waals surface area (Å²) in [6.07, 6.45) is 1.72. The summed E-state index contributed by atoms with van der Waals surface area (Å²) in [5, 5.41) is 17.8. The number of hydrazone groups is 1. The van der Waals surface area contributed by atoms with Gasteiger partial charge < -0.3 is 14.8 Å². The number of ether oxygens (including phenoxy) is 2. The van der Waals surface area contributed by atoms with Crippen LogP contribution in [0.1, 0.15) is 25.0 Å². The van der Waals surface area contributed by atoms with Crippen LogP contribution in [0.5, 0.6) is 11.5 Å². The van der Waals surface area contributed by atoms with Crippen molar-refractivity contribution < 1.29 is 19.1 Å². The van der Waals surface area contributed by atoms with Crippen molar-refractivity contribution >= 4 is 46.6 Å². The minimum absolute atomic E-state index is 0.241. The average Bonchev–Trinajstić information content (AvgIpc) is 3.18. The summed E-state index contributed by atoms with van der Waals surface area (Å²) in [6.45, 7) is 3.74. The van der Waals surface area contributed by atoms with Gasteiger partial charge in [-0.25, -0.2) is 0 Å². The fraction of sp³-hybridized carbons (Fsp3) is 0.143. The molecule has 0 aromatic heterocycles. The summed E-state index contributed by atoms with van der Waals surface area (Å²) in [7, 11) is 0. The van der Waals surface area contributed by atoms with E-state index in [1.54, 1.807) is 79.7 Å². The van der Waals surface area contributed by atoms with E-state index in [2.05, 4.69) is 16.5 Å². The van der Waals surface area contributed by atoms with Crippen molar-refractivity contribution in [2.45, 2.75) is 13.8 Å². The highest BCUT2D eigenvalue weighted by molar-refractivity contribution is 6.33. The first-order chi connectivity index (χ1) is 17.9. The lowest BCUT2D eigenvalue weighted by atomic mass is 10.1. The number of hydrogen-bond donors (Lipinski definition) is 1. The molecule has 1 aliphatic rings. The highest BCUT2D eigenvalue weighted by atomic mass is 35.5. The van der Waals surface area contributed by atoms with E-state index in [0.717, 1.165) is 0 Å². The van der Waals surface area contributed by atoms with Gasteiger partial charge in [0.2, 0.25) is 0 Å². The molecule has 0 unspecified atom stereocenters. The molecular weight excluding hydrogens is 492 g/mol. The average molecular weight is 515 g/mol.